The highest BCUT2D eigenvalue weighted by atomic mass is 16.5. The summed E-state index contributed by atoms with van der Waals surface area (Å²) in [6, 6.07) is 23.1. The Kier molecular flexibility index (Phi) is 9.64. The largest absolute Gasteiger partial charge is 0.494 e. The number of nitrogens with zero attached hydrogens (tertiary/aromatic N) is 3. The van der Waals surface area contributed by atoms with Crippen molar-refractivity contribution in [1.29, 1.82) is 0 Å². The number of rotatable bonds is 12. The Labute approximate surface area is 244 Å². The van der Waals surface area contributed by atoms with Crippen LogP contribution in [0.3, 0.4) is 0 Å². The first-order chi connectivity index (χ1) is 19.6. The van der Waals surface area contributed by atoms with Gasteiger partial charge in [-0.3, -0.25) is 9.36 Å². The number of hydrogen-bond donors (Lipinski definition) is 0. The molecule has 0 fully saturated rings. The van der Waals surface area contributed by atoms with Crippen LogP contribution < -0.4 is 10.4 Å². The SMILES string of the molecule is CCOc1ccc(-c2cccc(CCCc3nn(Cc4ccc(C(C)(C)C)cc4)c(=O)n3CC)c2)cc1CC(C)=O. The zero-order valence-corrected chi connectivity index (χ0v) is 25.4. The van der Waals surface area contributed by atoms with Gasteiger partial charge in [-0.1, -0.05) is 75.4 Å². The summed E-state index contributed by atoms with van der Waals surface area (Å²) >= 11 is 0. The van der Waals surface area contributed by atoms with Crippen molar-refractivity contribution in [2.24, 2.45) is 0 Å². The first kappa shape index (κ1) is 30.0. The summed E-state index contributed by atoms with van der Waals surface area (Å²) < 4.78 is 9.12. The fraction of sp³-hybridized carbons (Fsp3) is 0.400. The van der Waals surface area contributed by atoms with Crippen molar-refractivity contribution in [3.8, 4) is 16.9 Å². The van der Waals surface area contributed by atoms with E-state index in [1.54, 1.807) is 16.2 Å². The van der Waals surface area contributed by atoms with E-state index in [0.717, 1.165) is 53.1 Å². The lowest BCUT2D eigenvalue weighted by molar-refractivity contribution is -0.116. The second kappa shape index (κ2) is 13.2. The molecule has 4 aromatic rings. The minimum atomic E-state index is -0.0544. The lowest BCUT2D eigenvalue weighted by Gasteiger charge is -2.19. The van der Waals surface area contributed by atoms with E-state index in [4.69, 9.17) is 9.84 Å². The molecule has 0 atom stereocenters. The van der Waals surface area contributed by atoms with Crippen LogP contribution in [0, 0.1) is 0 Å². The minimum Gasteiger partial charge on any atom is -0.494 e. The molecule has 4 rings (SSSR count). The second-order valence-corrected chi connectivity index (χ2v) is 11.7. The Morgan fingerprint density at radius 3 is 2.29 bits per heavy atom. The van der Waals surface area contributed by atoms with Gasteiger partial charge in [-0.05, 0) is 79.0 Å². The van der Waals surface area contributed by atoms with Crippen molar-refractivity contribution >= 4 is 5.78 Å². The molecule has 0 N–H and O–H groups in total. The average Bonchev–Trinajstić information content (AvgIpc) is 3.23. The van der Waals surface area contributed by atoms with Gasteiger partial charge in [0.2, 0.25) is 0 Å². The Bertz CT molecular complexity index is 1540. The van der Waals surface area contributed by atoms with E-state index in [2.05, 4.69) is 81.4 Å². The normalized spacial score (nSPS) is 11.6. The number of Topliss-reactive ketones (excluding diaryl/α,β-unsaturated/α-hetero) is 1. The van der Waals surface area contributed by atoms with Gasteiger partial charge in [-0.15, -0.1) is 0 Å². The number of aromatic nitrogens is 3. The van der Waals surface area contributed by atoms with Crippen molar-refractivity contribution in [3.63, 3.8) is 0 Å². The predicted octanol–water partition coefficient (Wildman–Crippen LogP) is 6.78. The van der Waals surface area contributed by atoms with Crippen LogP contribution in [0.25, 0.3) is 11.1 Å². The summed E-state index contributed by atoms with van der Waals surface area (Å²) in [5.41, 5.74) is 6.72. The van der Waals surface area contributed by atoms with Crippen LogP contribution in [-0.2, 0) is 42.6 Å². The topological polar surface area (TPSA) is 66.1 Å². The quantitative estimate of drug-likeness (QED) is 0.194. The molecule has 0 saturated carbocycles. The molecule has 0 saturated heterocycles. The third kappa shape index (κ3) is 7.63. The number of carbonyl (C=O) groups excluding carboxylic acids is 1. The van der Waals surface area contributed by atoms with Gasteiger partial charge in [0.1, 0.15) is 17.4 Å². The van der Waals surface area contributed by atoms with Crippen molar-refractivity contribution in [2.75, 3.05) is 6.61 Å². The number of ketones is 1. The van der Waals surface area contributed by atoms with Crippen LogP contribution in [0.2, 0.25) is 0 Å². The van der Waals surface area contributed by atoms with Crippen molar-refractivity contribution in [2.45, 2.75) is 85.7 Å². The van der Waals surface area contributed by atoms with Crippen LogP contribution in [0.4, 0.5) is 0 Å². The number of hydrogen-bond acceptors (Lipinski definition) is 4. The van der Waals surface area contributed by atoms with Crippen LogP contribution in [0.1, 0.15) is 76.0 Å². The van der Waals surface area contributed by atoms with Gasteiger partial charge in [-0.25, -0.2) is 9.48 Å². The maximum absolute atomic E-state index is 13.1. The first-order valence-electron chi connectivity index (χ1n) is 14.7. The number of benzene rings is 3. The summed E-state index contributed by atoms with van der Waals surface area (Å²) in [4.78, 5) is 24.9. The molecule has 0 aliphatic heterocycles. The standard InChI is InChI=1S/C35H43N3O3/c1-7-37-33(36-38(34(37)40)24-27-15-18-31(19-16-27)35(4,5)6)14-10-12-26-11-9-13-28(22-26)29-17-20-32(41-8-2)30(23-29)21-25(3)39/h9,11,13,15-20,22-23H,7-8,10,12,14,21,24H2,1-6H3. The maximum atomic E-state index is 13.1. The molecule has 0 aliphatic carbocycles. The smallest absolute Gasteiger partial charge is 0.346 e. The molecular weight excluding hydrogens is 510 g/mol. The number of ether oxygens (including phenoxy) is 1. The molecule has 0 aliphatic rings. The monoisotopic (exact) mass is 553 g/mol. The van der Waals surface area contributed by atoms with Gasteiger partial charge >= 0.3 is 5.69 Å². The van der Waals surface area contributed by atoms with Crippen LogP contribution >= 0.6 is 0 Å². The van der Waals surface area contributed by atoms with E-state index in [-0.39, 0.29) is 16.9 Å². The molecule has 216 valence electrons. The molecule has 1 aromatic heterocycles. The van der Waals surface area contributed by atoms with Gasteiger partial charge in [-0.2, -0.15) is 5.10 Å². The molecule has 0 spiro atoms. The van der Waals surface area contributed by atoms with Crippen molar-refractivity contribution in [1.82, 2.24) is 14.3 Å². The Morgan fingerprint density at radius 2 is 1.63 bits per heavy atom. The Hall–Kier alpha value is -3.93. The summed E-state index contributed by atoms with van der Waals surface area (Å²) in [6.07, 6.45) is 2.86. The van der Waals surface area contributed by atoms with E-state index in [1.165, 1.54) is 11.1 Å². The third-order valence-corrected chi connectivity index (χ3v) is 7.39. The summed E-state index contributed by atoms with van der Waals surface area (Å²) in [5.74, 6) is 1.72. The van der Waals surface area contributed by atoms with E-state index >= 15 is 0 Å². The van der Waals surface area contributed by atoms with Gasteiger partial charge in [0.15, 0.2) is 0 Å². The van der Waals surface area contributed by atoms with E-state index in [0.29, 0.717) is 26.1 Å². The summed E-state index contributed by atoms with van der Waals surface area (Å²) in [7, 11) is 0. The molecule has 6 nitrogen and oxygen atoms in total. The zero-order valence-electron chi connectivity index (χ0n) is 25.4. The van der Waals surface area contributed by atoms with Crippen molar-refractivity contribution in [3.05, 3.63) is 105 Å². The first-order valence-corrected chi connectivity index (χ1v) is 14.7. The van der Waals surface area contributed by atoms with E-state index in [1.807, 2.05) is 19.9 Å². The van der Waals surface area contributed by atoms with Crippen LogP contribution in [-0.4, -0.2) is 26.7 Å². The molecule has 3 aromatic carbocycles. The molecule has 6 heteroatoms. The summed E-state index contributed by atoms with van der Waals surface area (Å²) in [5, 5.41) is 4.73. The predicted molar refractivity (Wildman–Crippen MR) is 166 cm³/mol. The second-order valence-electron chi connectivity index (χ2n) is 11.7. The Balaban J connectivity index is 1.45. The Morgan fingerprint density at radius 1 is 0.902 bits per heavy atom. The highest BCUT2D eigenvalue weighted by Crippen LogP contribution is 2.28. The van der Waals surface area contributed by atoms with Gasteiger partial charge in [0.05, 0.1) is 13.2 Å². The molecule has 41 heavy (non-hydrogen) atoms. The van der Waals surface area contributed by atoms with E-state index < -0.39 is 0 Å². The fourth-order valence-electron chi connectivity index (χ4n) is 5.19. The molecule has 0 radical (unpaired) electrons. The molecular formula is C35H43N3O3. The lowest BCUT2D eigenvalue weighted by Crippen LogP contribution is -2.25. The molecule has 0 bridgehead atoms. The van der Waals surface area contributed by atoms with Crippen LogP contribution in [0.15, 0.2) is 71.5 Å². The lowest BCUT2D eigenvalue weighted by atomic mass is 9.87. The average molecular weight is 554 g/mol. The number of aryl methyl sites for hydroxylation is 2. The zero-order chi connectivity index (χ0) is 29.6. The van der Waals surface area contributed by atoms with Crippen LogP contribution in [0.5, 0.6) is 5.75 Å². The molecule has 0 amide bonds. The highest BCUT2D eigenvalue weighted by Gasteiger charge is 2.15. The number of carbonyl (C=O) groups is 1. The highest BCUT2D eigenvalue weighted by molar-refractivity contribution is 5.80. The van der Waals surface area contributed by atoms with Gasteiger partial charge in [0.25, 0.3) is 0 Å². The van der Waals surface area contributed by atoms with Gasteiger partial charge in [0, 0.05) is 24.9 Å². The summed E-state index contributed by atoms with van der Waals surface area (Å²) in [6.45, 7) is 13.8. The molecule has 1 heterocycles. The van der Waals surface area contributed by atoms with Crippen molar-refractivity contribution < 1.29 is 9.53 Å². The third-order valence-electron chi connectivity index (χ3n) is 7.39. The minimum absolute atomic E-state index is 0.0544. The van der Waals surface area contributed by atoms with Gasteiger partial charge < -0.3 is 4.74 Å². The fourth-order valence-corrected chi connectivity index (χ4v) is 5.19. The van der Waals surface area contributed by atoms with E-state index in [9.17, 15) is 9.59 Å². The maximum Gasteiger partial charge on any atom is 0.346 e. The molecule has 0 unspecified atom stereocenters.